The quantitative estimate of drug-likeness (QED) is 0.769. The van der Waals surface area contributed by atoms with E-state index in [0.29, 0.717) is 17.6 Å². The van der Waals surface area contributed by atoms with Gasteiger partial charge in [-0.05, 0) is 55.7 Å². The van der Waals surface area contributed by atoms with E-state index in [-0.39, 0.29) is 0 Å². The van der Waals surface area contributed by atoms with Gasteiger partial charge in [-0.1, -0.05) is 19.1 Å². The molecule has 1 aromatic rings. The van der Waals surface area contributed by atoms with Crippen molar-refractivity contribution in [1.29, 1.82) is 0 Å². The number of nitrogens with one attached hydrogen (secondary N) is 1. The highest BCUT2D eigenvalue weighted by Gasteiger charge is 2.62. The summed E-state index contributed by atoms with van der Waals surface area (Å²) in [5.74, 6) is 2.81. The van der Waals surface area contributed by atoms with Crippen LogP contribution in [0.25, 0.3) is 0 Å². The van der Waals surface area contributed by atoms with E-state index in [1.54, 1.807) is 11.1 Å². The first-order valence-corrected chi connectivity index (χ1v) is 7.81. The molecule has 5 atom stereocenters. The minimum Gasteiger partial charge on any atom is -0.489 e. The SMILES string of the molecule is C[C@@H]1C[C@@H]2Oc3cccc4c3[C@@]23CCN[C@H](C4)[C@@H]3C1. The fraction of sp³-hybridized carbons (Fsp3) is 0.647. The number of ether oxygens (including phenoxy) is 1. The molecule has 1 spiro atoms. The van der Waals surface area contributed by atoms with E-state index in [0.717, 1.165) is 11.8 Å². The number of hydrogen-bond donors (Lipinski definition) is 1. The van der Waals surface area contributed by atoms with Gasteiger partial charge < -0.3 is 10.1 Å². The Balaban J connectivity index is 1.79. The standard InChI is InChI=1S/C17H21NO/c1-10-7-12-13-9-11-3-2-4-14-16(11)17(12,5-6-18-13)15(8-10)19-14/h2-4,10,12-13,15,18H,5-9H2,1H3/t10-,12-,13+,15-,17+/m0/s1. The second-order valence-corrected chi connectivity index (χ2v) is 7.13. The zero-order valence-corrected chi connectivity index (χ0v) is 11.5. The number of piperidine rings is 1. The highest BCUT2D eigenvalue weighted by atomic mass is 16.5. The van der Waals surface area contributed by atoms with Crippen molar-refractivity contribution in [3.63, 3.8) is 0 Å². The maximum absolute atomic E-state index is 6.42. The van der Waals surface area contributed by atoms with E-state index < -0.39 is 0 Å². The molecule has 2 aliphatic carbocycles. The van der Waals surface area contributed by atoms with E-state index in [9.17, 15) is 0 Å². The molecule has 5 rings (SSSR count). The van der Waals surface area contributed by atoms with Crippen molar-refractivity contribution in [2.24, 2.45) is 11.8 Å². The van der Waals surface area contributed by atoms with Crippen molar-refractivity contribution < 1.29 is 4.74 Å². The van der Waals surface area contributed by atoms with Crippen molar-refractivity contribution in [2.75, 3.05) is 6.54 Å². The first kappa shape index (κ1) is 10.7. The van der Waals surface area contributed by atoms with Crippen LogP contribution >= 0.6 is 0 Å². The molecule has 0 amide bonds. The number of benzene rings is 1. The summed E-state index contributed by atoms with van der Waals surface area (Å²) in [4.78, 5) is 0. The van der Waals surface area contributed by atoms with Crippen molar-refractivity contribution in [3.05, 3.63) is 29.3 Å². The fourth-order valence-electron chi connectivity index (χ4n) is 5.63. The van der Waals surface area contributed by atoms with Gasteiger partial charge >= 0.3 is 0 Å². The predicted molar refractivity (Wildman–Crippen MR) is 74.5 cm³/mol. The molecule has 1 saturated carbocycles. The van der Waals surface area contributed by atoms with E-state index >= 15 is 0 Å². The molecule has 4 aliphatic rings. The first-order chi connectivity index (χ1) is 9.29. The Bertz CT molecular complexity index is 554. The summed E-state index contributed by atoms with van der Waals surface area (Å²) in [6, 6.07) is 7.40. The molecule has 1 saturated heterocycles. The van der Waals surface area contributed by atoms with Crippen LogP contribution in [0.4, 0.5) is 0 Å². The molecule has 1 N–H and O–H groups in total. The molecule has 0 unspecified atom stereocenters. The molecule has 100 valence electrons. The minimum absolute atomic E-state index is 0.354. The molecule has 2 heteroatoms. The van der Waals surface area contributed by atoms with Crippen molar-refractivity contribution in [1.82, 2.24) is 5.32 Å². The van der Waals surface area contributed by atoms with Crippen LogP contribution in [0.3, 0.4) is 0 Å². The topological polar surface area (TPSA) is 21.3 Å². The second-order valence-electron chi connectivity index (χ2n) is 7.13. The lowest BCUT2D eigenvalue weighted by atomic mass is 9.51. The molecule has 2 bridgehead atoms. The summed E-state index contributed by atoms with van der Waals surface area (Å²) in [5, 5.41) is 3.79. The predicted octanol–water partition coefficient (Wildman–Crippen LogP) is 2.65. The Morgan fingerprint density at radius 3 is 3.21 bits per heavy atom. The Labute approximate surface area is 114 Å². The Morgan fingerprint density at radius 1 is 1.32 bits per heavy atom. The van der Waals surface area contributed by atoms with Gasteiger partial charge in [-0.25, -0.2) is 0 Å². The summed E-state index contributed by atoms with van der Waals surface area (Å²) >= 11 is 0. The van der Waals surface area contributed by atoms with Gasteiger partial charge in [0.1, 0.15) is 11.9 Å². The van der Waals surface area contributed by atoms with Crippen LogP contribution in [0.15, 0.2) is 18.2 Å². The van der Waals surface area contributed by atoms with Gasteiger partial charge in [0, 0.05) is 17.0 Å². The zero-order valence-electron chi connectivity index (χ0n) is 11.5. The van der Waals surface area contributed by atoms with E-state index in [1.165, 1.54) is 38.0 Å². The molecule has 0 radical (unpaired) electrons. The molecule has 19 heavy (non-hydrogen) atoms. The summed E-state index contributed by atoms with van der Waals surface area (Å²) in [5.41, 5.74) is 3.52. The van der Waals surface area contributed by atoms with Gasteiger partial charge in [0.2, 0.25) is 0 Å². The van der Waals surface area contributed by atoms with Crippen LogP contribution in [0.2, 0.25) is 0 Å². The molecule has 2 nitrogen and oxygen atoms in total. The van der Waals surface area contributed by atoms with E-state index in [4.69, 9.17) is 4.74 Å². The summed E-state index contributed by atoms with van der Waals surface area (Å²) in [6.07, 6.45) is 5.55. The lowest BCUT2D eigenvalue weighted by Gasteiger charge is -2.56. The normalized spacial score (nSPS) is 45.5. The third-order valence-electron chi connectivity index (χ3n) is 6.23. The lowest BCUT2D eigenvalue weighted by Crippen LogP contribution is -2.64. The summed E-state index contributed by atoms with van der Waals surface area (Å²) < 4.78 is 6.42. The van der Waals surface area contributed by atoms with Gasteiger partial charge in [0.15, 0.2) is 0 Å². The number of hydrogen-bond acceptors (Lipinski definition) is 2. The van der Waals surface area contributed by atoms with E-state index in [1.807, 2.05) is 0 Å². The minimum atomic E-state index is 0.354. The van der Waals surface area contributed by atoms with Crippen LogP contribution in [-0.2, 0) is 11.8 Å². The van der Waals surface area contributed by atoms with Gasteiger partial charge in [-0.2, -0.15) is 0 Å². The Hall–Kier alpha value is -1.02. The largest absolute Gasteiger partial charge is 0.489 e. The zero-order chi connectivity index (χ0) is 12.6. The molecule has 0 aromatic heterocycles. The molecule has 2 fully saturated rings. The number of rotatable bonds is 0. The highest BCUT2D eigenvalue weighted by molar-refractivity contribution is 5.54. The van der Waals surface area contributed by atoms with Crippen molar-refractivity contribution in [3.8, 4) is 5.75 Å². The van der Waals surface area contributed by atoms with Gasteiger partial charge in [0.05, 0.1) is 0 Å². The first-order valence-electron chi connectivity index (χ1n) is 7.81. The average Bonchev–Trinajstić information content (AvgIpc) is 2.69. The van der Waals surface area contributed by atoms with Crippen LogP contribution in [0, 0.1) is 11.8 Å². The monoisotopic (exact) mass is 255 g/mol. The summed E-state index contributed by atoms with van der Waals surface area (Å²) in [7, 11) is 0. The van der Waals surface area contributed by atoms with Crippen LogP contribution in [-0.4, -0.2) is 18.7 Å². The third-order valence-corrected chi connectivity index (χ3v) is 6.23. The van der Waals surface area contributed by atoms with Crippen LogP contribution < -0.4 is 10.1 Å². The van der Waals surface area contributed by atoms with Gasteiger partial charge in [-0.3, -0.25) is 0 Å². The van der Waals surface area contributed by atoms with Crippen LogP contribution in [0.1, 0.15) is 37.3 Å². The highest BCUT2D eigenvalue weighted by Crippen LogP contribution is 2.61. The fourth-order valence-corrected chi connectivity index (χ4v) is 5.63. The van der Waals surface area contributed by atoms with Crippen LogP contribution in [0.5, 0.6) is 5.75 Å². The molecule has 2 heterocycles. The van der Waals surface area contributed by atoms with Crippen molar-refractivity contribution >= 4 is 0 Å². The molecular formula is C17H21NO. The lowest BCUT2D eigenvalue weighted by molar-refractivity contribution is -0.0166. The molecule has 1 aromatic carbocycles. The maximum atomic E-state index is 6.42. The smallest absolute Gasteiger partial charge is 0.123 e. The Morgan fingerprint density at radius 2 is 2.26 bits per heavy atom. The molecular weight excluding hydrogens is 234 g/mol. The van der Waals surface area contributed by atoms with E-state index in [2.05, 4.69) is 30.4 Å². The maximum Gasteiger partial charge on any atom is 0.123 e. The summed E-state index contributed by atoms with van der Waals surface area (Å²) in [6.45, 7) is 3.58. The third kappa shape index (κ3) is 1.13. The average molecular weight is 255 g/mol. The van der Waals surface area contributed by atoms with Gasteiger partial charge in [0.25, 0.3) is 0 Å². The second kappa shape index (κ2) is 3.35. The Kier molecular flexibility index (Phi) is 1.89. The molecule has 2 aliphatic heterocycles. The van der Waals surface area contributed by atoms with Crippen molar-refractivity contribution in [2.45, 2.75) is 50.2 Å². The van der Waals surface area contributed by atoms with Gasteiger partial charge in [-0.15, -0.1) is 0 Å².